The zero-order valence-electron chi connectivity index (χ0n) is 15.9. The lowest BCUT2D eigenvalue weighted by Crippen LogP contribution is -2.17. The lowest BCUT2D eigenvalue weighted by molar-refractivity contribution is -0.143. The van der Waals surface area contributed by atoms with Crippen LogP contribution in [0.2, 0.25) is 0 Å². The molecule has 0 atom stereocenters. The maximum atomic E-state index is 13.0. The van der Waals surface area contributed by atoms with Crippen LogP contribution in [0.3, 0.4) is 0 Å². The maximum Gasteiger partial charge on any atom is 0.416 e. The van der Waals surface area contributed by atoms with Gasteiger partial charge in [0.2, 0.25) is 0 Å². The second kappa shape index (κ2) is 8.76. The largest absolute Gasteiger partial charge is 0.496 e. The summed E-state index contributed by atoms with van der Waals surface area (Å²) >= 11 is 0. The first-order chi connectivity index (χ1) is 13.9. The van der Waals surface area contributed by atoms with Crippen molar-refractivity contribution in [2.75, 3.05) is 12.4 Å². The van der Waals surface area contributed by atoms with Crippen LogP contribution in [0.25, 0.3) is 0 Å². The topological polar surface area (TPSA) is 55.4 Å². The smallest absolute Gasteiger partial charge is 0.416 e. The Labute approximate surface area is 167 Å². The number of benzene rings is 2. The molecule has 0 unspecified atom stereocenters. The molecule has 2 aromatic rings. The highest BCUT2D eigenvalue weighted by Crippen LogP contribution is 2.37. The van der Waals surface area contributed by atoms with Gasteiger partial charge in [-0.3, -0.25) is 9.59 Å². The molecule has 30 heavy (non-hydrogen) atoms. The highest BCUT2D eigenvalue weighted by molar-refractivity contribution is 6.08. The van der Waals surface area contributed by atoms with E-state index in [0.29, 0.717) is 18.6 Å². The van der Waals surface area contributed by atoms with Crippen LogP contribution in [0.1, 0.15) is 51.6 Å². The monoisotopic (exact) mass is 433 g/mol. The first-order valence-corrected chi connectivity index (χ1v) is 8.69. The zero-order valence-corrected chi connectivity index (χ0v) is 15.9. The van der Waals surface area contributed by atoms with Crippen molar-refractivity contribution in [2.24, 2.45) is 0 Å². The summed E-state index contributed by atoms with van der Waals surface area (Å²) in [5, 5.41) is 2.03. The van der Waals surface area contributed by atoms with Crippen LogP contribution in [0, 0.1) is 0 Å². The normalized spacial score (nSPS) is 11.9. The van der Waals surface area contributed by atoms with E-state index in [1.54, 1.807) is 6.92 Å². The first-order valence-electron chi connectivity index (χ1n) is 8.69. The molecule has 0 aliphatic carbocycles. The number of methoxy groups -OCH3 is 1. The van der Waals surface area contributed by atoms with E-state index in [9.17, 15) is 35.9 Å². The molecule has 1 amide bonds. The lowest BCUT2D eigenvalue weighted by atomic mass is 10.0. The number of nitrogens with one attached hydrogen (secondary N) is 1. The van der Waals surface area contributed by atoms with Crippen LogP contribution < -0.4 is 10.1 Å². The third-order valence-electron chi connectivity index (χ3n) is 4.09. The molecule has 162 valence electrons. The predicted octanol–water partition coefficient (Wildman–Crippen LogP) is 5.97. The van der Waals surface area contributed by atoms with Gasteiger partial charge < -0.3 is 10.1 Å². The minimum Gasteiger partial charge on any atom is -0.496 e. The Morgan fingerprint density at radius 2 is 1.50 bits per heavy atom. The molecule has 0 bridgehead atoms. The Hall–Kier alpha value is -3.04. The number of anilines is 1. The summed E-state index contributed by atoms with van der Waals surface area (Å²) in [6, 6.07) is 4.67. The quantitative estimate of drug-likeness (QED) is 0.451. The molecule has 0 fully saturated rings. The number of rotatable bonds is 6. The second-order valence-corrected chi connectivity index (χ2v) is 6.34. The van der Waals surface area contributed by atoms with E-state index in [-0.39, 0.29) is 35.1 Å². The lowest BCUT2D eigenvalue weighted by Gasteiger charge is -2.15. The SMILES string of the molecule is CCCC(=O)c1ccc(OC)c(C(=O)Nc2cc(C(F)(F)F)cc(C(F)(F)F)c2)c1. The summed E-state index contributed by atoms with van der Waals surface area (Å²) in [5.74, 6) is -1.29. The molecule has 0 saturated carbocycles. The number of amides is 1. The van der Waals surface area contributed by atoms with Gasteiger partial charge >= 0.3 is 12.4 Å². The molecule has 2 rings (SSSR count). The van der Waals surface area contributed by atoms with Crippen LogP contribution in [0.15, 0.2) is 36.4 Å². The van der Waals surface area contributed by atoms with Gasteiger partial charge in [-0.2, -0.15) is 26.3 Å². The number of carbonyl (C=O) groups is 2. The number of carbonyl (C=O) groups excluding carboxylic acids is 2. The number of Topliss-reactive ketones (excluding diaryl/α,β-unsaturated/α-hetero) is 1. The molecular formula is C20H17F6NO3. The van der Waals surface area contributed by atoms with Gasteiger partial charge in [-0.1, -0.05) is 6.92 Å². The molecule has 0 aliphatic heterocycles. The fourth-order valence-electron chi connectivity index (χ4n) is 2.66. The third kappa shape index (κ3) is 5.52. The average Bonchev–Trinajstić information content (AvgIpc) is 2.66. The molecule has 0 saturated heterocycles. The van der Waals surface area contributed by atoms with E-state index in [1.165, 1.54) is 25.3 Å². The molecule has 10 heteroatoms. The summed E-state index contributed by atoms with van der Waals surface area (Å²) < 4.78 is 83.0. The van der Waals surface area contributed by atoms with E-state index in [2.05, 4.69) is 0 Å². The number of ketones is 1. The van der Waals surface area contributed by atoms with E-state index < -0.39 is 35.1 Å². The van der Waals surface area contributed by atoms with Gasteiger partial charge in [-0.15, -0.1) is 0 Å². The fourth-order valence-corrected chi connectivity index (χ4v) is 2.66. The van der Waals surface area contributed by atoms with Crippen LogP contribution in [0.5, 0.6) is 5.75 Å². The van der Waals surface area contributed by atoms with Crippen LogP contribution in [-0.4, -0.2) is 18.8 Å². The molecule has 0 radical (unpaired) electrons. The number of hydrogen-bond acceptors (Lipinski definition) is 3. The van der Waals surface area contributed by atoms with E-state index in [1.807, 2.05) is 5.32 Å². The Bertz CT molecular complexity index is 918. The number of halogens is 6. The molecule has 2 aromatic carbocycles. The van der Waals surface area contributed by atoms with Crippen molar-refractivity contribution in [2.45, 2.75) is 32.1 Å². The number of alkyl halides is 6. The summed E-state index contributed by atoms with van der Waals surface area (Å²) in [6.45, 7) is 1.78. The van der Waals surface area contributed by atoms with Gasteiger partial charge in [0.25, 0.3) is 5.91 Å². The molecule has 4 nitrogen and oxygen atoms in total. The molecule has 0 aromatic heterocycles. The molecule has 1 N–H and O–H groups in total. The minimum absolute atomic E-state index is 0.00330. The minimum atomic E-state index is -5.05. The Kier molecular flexibility index (Phi) is 6.79. The van der Waals surface area contributed by atoms with E-state index in [4.69, 9.17) is 4.74 Å². The van der Waals surface area contributed by atoms with Gasteiger partial charge in [0.1, 0.15) is 5.75 Å². The van der Waals surface area contributed by atoms with Crippen molar-refractivity contribution < 1.29 is 40.7 Å². The van der Waals surface area contributed by atoms with Crippen LogP contribution >= 0.6 is 0 Å². The third-order valence-corrected chi connectivity index (χ3v) is 4.09. The maximum absolute atomic E-state index is 13.0. The summed E-state index contributed by atoms with van der Waals surface area (Å²) in [7, 11) is 1.23. The molecular weight excluding hydrogens is 416 g/mol. The Morgan fingerprint density at radius 1 is 0.933 bits per heavy atom. The Balaban J connectivity index is 2.46. The van der Waals surface area contributed by atoms with Crippen molar-refractivity contribution >= 4 is 17.4 Å². The highest BCUT2D eigenvalue weighted by Gasteiger charge is 2.37. The van der Waals surface area contributed by atoms with Crippen molar-refractivity contribution in [1.29, 1.82) is 0 Å². The van der Waals surface area contributed by atoms with Crippen molar-refractivity contribution in [1.82, 2.24) is 0 Å². The summed E-state index contributed by atoms with van der Waals surface area (Å²) in [4.78, 5) is 24.6. The standard InChI is InChI=1S/C20H17F6NO3/c1-3-4-16(28)11-5-6-17(30-2)15(7-11)18(29)27-14-9-12(19(21,22)23)8-13(10-14)20(24,25)26/h5-10H,3-4H2,1-2H3,(H,27,29). The van der Waals surface area contributed by atoms with Crippen LogP contribution in [-0.2, 0) is 12.4 Å². The van der Waals surface area contributed by atoms with Gasteiger partial charge in [-0.05, 0) is 42.8 Å². The van der Waals surface area contributed by atoms with Gasteiger partial charge in [-0.25, -0.2) is 0 Å². The highest BCUT2D eigenvalue weighted by atomic mass is 19.4. The fraction of sp³-hybridized carbons (Fsp3) is 0.300. The van der Waals surface area contributed by atoms with Gasteiger partial charge in [0.15, 0.2) is 5.78 Å². The van der Waals surface area contributed by atoms with E-state index >= 15 is 0 Å². The molecule has 0 aliphatic rings. The summed E-state index contributed by atoms with van der Waals surface area (Å²) in [6.07, 6.45) is -9.34. The van der Waals surface area contributed by atoms with E-state index in [0.717, 1.165) is 0 Å². The Morgan fingerprint density at radius 3 is 1.97 bits per heavy atom. The predicted molar refractivity (Wildman–Crippen MR) is 96.6 cm³/mol. The van der Waals surface area contributed by atoms with Crippen molar-refractivity contribution in [3.63, 3.8) is 0 Å². The number of ether oxygens (including phenoxy) is 1. The van der Waals surface area contributed by atoms with Crippen LogP contribution in [0.4, 0.5) is 32.0 Å². The zero-order chi connectivity index (χ0) is 22.7. The van der Waals surface area contributed by atoms with Gasteiger partial charge in [0.05, 0.1) is 23.8 Å². The first kappa shape index (κ1) is 23.2. The molecule has 0 heterocycles. The second-order valence-electron chi connectivity index (χ2n) is 6.34. The average molecular weight is 433 g/mol. The van der Waals surface area contributed by atoms with Gasteiger partial charge in [0, 0.05) is 17.7 Å². The van der Waals surface area contributed by atoms with Crippen molar-refractivity contribution in [3.05, 3.63) is 58.7 Å². The molecule has 0 spiro atoms. The van der Waals surface area contributed by atoms with Crippen molar-refractivity contribution in [3.8, 4) is 5.75 Å². The number of hydrogen-bond donors (Lipinski definition) is 1. The summed E-state index contributed by atoms with van der Waals surface area (Å²) in [5.41, 5.74) is -3.86.